The molecule has 0 unspecified atom stereocenters. The van der Waals surface area contributed by atoms with Gasteiger partial charge in [-0.2, -0.15) is 0 Å². The Morgan fingerprint density at radius 3 is 2.38 bits per heavy atom. The Balaban J connectivity index is 1.92. The number of hydrogen-bond acceptors (Lipinski definition) is 4. The number of carbonyl (C=O) groups excluding carboxylic acids is 3. The Bertz CT molecular complexity index is 646. The maximum absolute atomic E-state index is 12.2. The van der Waals surface area contributed by atoms with Gasteiger partial charge in [-0.25, -0.2) is 4.79 Å². The van der Waals surface area contributed by atoms with Crippen LogP contribution in [0.15, 0.2) is 18.2 Å². The molecule has 1 heterocycles. The largest absolute Gasteiger partial charge is 0.450 e. The third-order valence-corrected chi connectivity index (χ3v) is 4.31. The van der Waals surface area contributed by atoms with E-state index >= 15 is 0 Å². The van der Waals surface area contributed by atoms with Crippen LogP contribution in [0, 0.1) is 0 Å². The van der Waals surface area contributed by atoms with Gasteiger partial charge in [0.2, 0.25) is 0 Å². The first kappa shape index (κ1) is 18.4. The zero-order valence-corrected chi connectivity index (χ0v) is 14.6. The lowest BCUT2D eigenvalue weighted by molar-refractivity contribution is -0.144. The number of halogens is 2. The monoisotopic (exact) mass is 373 g/mol. The van der Waals surface area contributed by atoms with Crippen LogP contribution in [0.25, 0.3) is 0 Å². The normalized spacial score (nSPS) is 14.3. The summed E-state index contributed by atoms with van der Waals surface area (Å²) >= 11 is 11.9. The van der Waals surface area contributed by atoms with Crippen molar-refractivity contribution < 1.29 is 19.1 Å². The maximum Gasteiger partial charge on any atom is 0.409 e. The molecule has 1 N–H and O–H groups in total. The van der Waals surface area contributed by atoms with E-state index in [-0.39, 0.29) is 28.8 Å². The van der Waals surface area contributed by atoms with Crippen molar-refractivity contribution in [2.45, 2.75) is 6.92 Å². The van der Waals surface area contributed by atoms with Gasteiger partial charge in [0.15, 0.2) is 0 Å². The number of nitrogens with one attached hydrogen (secondary N) is 1. The van der Waals surface area contributed by atoms with Crippen LogP contribution in [0.2, 0.25) is 10.0 Å². The van der Waals surface area contributed by atoms with Crippen molar-refractivity contribution in [1.82, 2.24) is 9.80 Å². The molecule has 0 bridgehead atoms. The first-order valence-corrected chi connectivity index (χ1v) is 8.15. The van der Waals surface area contributed by atoms with Gasteiger partial charge in [0.1, 0.15) is 0 Å². The van der Waals surface area contributed by atoms with Crippen LogP contribution < -0.4 is 5.32 Å². The van der Waals surface area contributed by atoms with Crippen LogP contribution in [0.4, 0.5) is 10.5 Å². The van der Waals surface area contributed by atoms with Gasteiger partial charge in [-0.3, -0.25) is 9.59 Å². The third-order valence-electron chi connectivity index (χ3n) is 3.49. The fourth-order valence-electron chi connectivity index (χ4n) is 2.23. The van der Waals surface area contributed by atoms with Crippen molar-refractivity contribution in [3.8, 4) is 0 Å². The van der Waals surface area contributed by atoms with Crippen LogP contribution in [0.5, 0.6) is 0 Å². The van der Waals surface area contributed by atoms with Crippen molar-refractivity contribution in [2.24, 2.45) is 0 Å². The molecule has 1 aliphatic heterocycles. The molecule has 3 amide bonds. The second kappa shape index (κ2) is 8.21. The quantitative estimate of drug-likeness (QED) is 0.806. The molecule has 0 saturated carbocycles. The minimum Gasteiger partial charge on any atom is -0.450 e. The molecular formula is C15H17Cl2N3O4. The van der Waals surface area contributed by atoms with E-state index in [2.05, 4.69) is 5.32 Å². The molecule has 0 aromatic heterocycles. The molecule has 24 heavy (non-hydrogen) atoms. The molecule has 1 fully saturated rings. The highest BCUT2D eigenvalue weighted by Gasteiger charge is 2.28. The molecule has 0 spiro atoms. The Morgan fingerprint density at radius 1 is 1.12 bits per heavy atom. The number of ether oxygens (including phenoxy) is 1. The van der Waals surface area contributed by atoms with Gasteiger partial charge in [-0.1, -0.05) is 29.3 Å². The Kier molecular flexibility index (Phi) is 6.28. The number of piperazine rings is 1. The van der Waals surface area contributed by atoms with Gasteiger partial charge in [0, 0.05) is 26.2 Å². The van der Waals surface area contributed by atoms with E-state index in [1.165, 1.54) is 9.80 Å². The summed E-state index contributed by atoms with van der Waals surface area (Å²) in [6.07, 6.45) is -0.417. The van der Waals surface area contributed by atoms with E-state index in [9.17, 15) is 14.4 Å². The van der Waals surface area contributed by atoms with E-state index in [1.54, 1.807) is 25.1 Å². The molecule has 2 rings (SSSR count). The van der Waals surface area contributed by atoms with Crippen molar-refractivity contribution in [3.05, 3.63) is 28.2 Å². The van der Waals surface area contributed by atoms with Crippen LogP contribution >= 0.6 is 23.2 Å². The Labute approximate surface area is 149 Å². The average Bonchev–Trinajstić information content (AvgIpc) is 2.58. The minimum atomic E-state index is -0.802. The number of nitrogens with zero attached hydrogens (tertiary/aromatic N) is 2. The van der Waals surface area contributed by atoms with E-state index in [0.717, 1.165) is 0 Å². The van der Waals surface area contributed by atoms with E-state index in [1.807, 2.05) is 0 Å². The lowest BCUT2D eigenvalue weighted by Crippen LogP contribution is -2.53. The predicted octanol–water partition coefficient (Wildman–Crippen LogP) is 2.23. The summed E-state index contributed by atoms with van der Waals surface area (Å²) in [7, 11) is 0. The highest BCUT2D eigenvalue weighted by Crippen LogP contribution is 2.29. The molecule has 0 radical (unpaired) electrons. The average molecular weight is 374 g/mol. The first-order chi connectivity index (χ1) is 11.4. The molecular weight excluding hydrogens is 357 g/mol. The van der Waals surface area contributed by atoms with Gasteiger partial charge < -0.3 is 19.9 Å². The summed E-state index contributed by atoms with van der Waals surface area (Å²) in [6, 6.07) is 4.75. The van der Waals surface area contributed by atoms with Crippen LogP contribution in [0.1, 0.15) is 6.92 Å². The number of carbonyl (C=O) groups is 3. The Morgan fingerprint density at radius 2 is 1.75 bits per heavy atom. The standard InChI is InChI=1S/C15H17Cl2N3O4/c1-2-24-15(23)20-8-6-19(7-9-20)14(22)13(21)18-11-5-3-4-10(16)12(11)17/h3-5H,2,6-9H2,1H3,(H,18,21). The molecule has 0 aliphatic carbocycles. The van der Waals surface area contributed by atoms with Gasteiger partial charge in [0.25, 0.3) is 0 Å². The van der Waals surface area contributed by atoms with Gasteiger partial charge in [-0.15, -0.1) is 0 Å². The molecule has 0 atom stereocenters. The Hall–Kier alpha value is -1.99. The van der Waals surface area contributed by atoms with E-state index < -0.39 is 17.9 Å². The summed E-state index contributed by atoms with van der Waals surface area (Å²) in [5.41, 5.74) is 0.271. The summed E-state index contributed by atoms with van der Waals surface area (Å²) in [4.78, 5) is 38.8. The SMILES string of the molecule is CCOC(=O)N1CCN(C(=O)C(=O)Nc2cccc(Cl)c2Cl)CC1. The van der Waals surface area contributed by atoms with E-state index in [0.29, 0.717) is 19.7 Å². The van der Waals surface area contributed by atoms with Gasteiger partial charge in [0.05, 0.1) is 22.3 Å². The van der Waals surface area contributed by atoms with Crippen LogP contribution in [0.3, 0.4) is 0 Å². The predicted molar refractivity (Wildman–Crippen MR) is 90.3 cm³/mol. The highest BCUT2D eigenvalue weighted by molar-refractivity contribution is 6.45. The molecule has 7 nitrogen and oxygen atoms in total. The number of hydrogen-bond donors (Lipinski definition) is 1. The minimum absolute atomic E-state index is 0.174. The summed E-state index contributed by atoms with van der Waals surface area (Å²) in [6.45, 7) is 3.16. The second-order valence-corrected chi connectivity index (χ2v) is 5.82. The highest BCUT2D eigenvalue weighted by atomic mass is 35.5. The van der Waals surface area contributed by atoms with Crippen LogP contribution in [-0.2, 0) is 14.3 Å². The lowest BCUT2D eigenvalue weighted by Gasteiger charge is -2.33. The second-order valence-electron chi connectivity index (χ2n) is 5.03. The molecule has 1 aromatic rings. The smallest absolute Gasteiger partial charge is 0.409 e. The fourth-order valence-corrected chi connectivity index (χ4v) is 2.57. The van der Waals surface area contributed by atoms with Crippen molar-refractivity contribution in [3.63, 3.8) is 0 Å². The molecule has 130 valence electrons. The number of rotatable bonds is 2. The lowest BCUT2D eigenvalue weighted by atomic mass is 10.3. The number of anilines is 1. The van der Waals surface area contributed by atoms with Crippen molar-refractivity contribution >= 4 is 46.8 Å². The van der Waals surface area contributed by atoms with Gasteiger partial charge in [-0.05, 0) is 19.1 Å². The van der Waals surface area contributed by atoms with Gasteiger partial charge >= 0.3 is 17.9 Å². The van der Waals surface area contributed by atoms with Crippen molar-refractivity contribution in [2.75, 3.05) is 38.1 Å². The topological polar surface area (TPSA) is 79.0 Å². The summed E-state index contributed by atoms with van der Waals surface area (Å²) in [5.74, 6) is -1.49. The number of amides is 3. The van der Waals surface area contributed by atoms with Crippen LogP contribution in [-0.4, -0.2) is 60.5 Å². The van der Waals surface area contributed by atoms with Crippen molar-refractivity contribution in [1.29, 1.82) is 0 Å². The van der Waals surface area contributed by atoms with E-state index in [4.69, 9.17) is 27.9 Å². The fraction of sp³-hybridized carbons (Fsp3) is 0.400. The zero-order valence-electron chi connectivity index (χ0n) is 13.1. The molecule has 1 aliphatic rings. The molecule has 9 heteroatoms. The zero-order chi connectivity index (χ0) is 17.7. The molecule has 1 aromatic carbocycles. The molecule has 1 saturated heterocycles. The third kappa shape index (κ3) is 4.30. The maximum atomic E-state index is 12.2. The summed E-state index contributed by atoms with van der Waals surface area (Å²) in [5, 5.41) is 2.91. The first-order valence-electron chi connectivity index (χ1n) is 7.40. The number of benzene rings is 1. The summed E-state index contributed by atoms with van der Waals surface area (Å²) < 4.78 is 4.90.